The molecule has 0 bridgehead atoms. The highest BCUT2D eigenvalue weighted by molar-refractivity contribution is 9.10. The van der Waals surface area contributed by atoms with E-state index in [0.29, 0.717) is 6.04 Å². The van der Waals surface area contributed by atoms with E-state index >= 15 is 0 Å². The van der Waals surface area contributed by atoms with Gasteiger partial charge in [-0.05, 0) is 32.4 Å². The lowest BCUT2D eigenvalue weighted by molar-refractivity contribution is 0.532. The number of halogens is 1. The van der Waals surface area contributed by atoms with Crippen LogP contribution in [-0.4, -0.2) is 17.0 Å². The van der Waals surface area contributed by atoms with Crippen molar-refractivity contribution in [3.05, 3.63) is 46.2 Å². The molecule has 0 spiro atoms. The first-order chi connectivity index (χ1) is 9.79. The van der Waals surface area contributed by atoms with Crippen molar-refractivity contribution in [2.24, 2.45) is 0 Å². The zero-order valence-electron chi connectivity index (χ0n) is 11.6. The Kier molecular flexibility index (Phi) is 4.13. The Hall–Kier alpha value is -1.26. The summed E-state index contributed by atoms with van der Waals surface area (Å²) in [5, 5.41) is 3.38. The Morgan fingerprint density at radius 3 is 2.90 bits per heavy atom. The van der Waals surface area contributed by atoms with Gasteiger partial charge in [0.25, 0.3) is 0 Å². The molecule has 1 unspecified atom stereocenters. The lowest BCUT2D eigenvalue weighted by Gasteiger charge is -2.16. The van der Waals surface area contributed by atoms with E-state index in [0.717, 1.165) is 22.3 Å². The predicted molar refractivity (Wildman–Crippen MR) is 84.5 cm³/mol. The van der Waals surface area contributed by atoms with Crippen LogP contribution in [0.4, 0.5) is 0 Å². The van der Waals surface area contributed by atoms with Crippen LogP contribution in [0.15, 0.2) is 34.9 Å². The summed E-state index contributed by atoms with van der Waals surface area (Å²) in [6.45, 7) is 0. The number of nitrogens with one attached hydrogen (secondary N) is 1. The lowest BCUT2D eigenvalue weighted by Crippen LogP contribution is -2.17. The van der Waals surface area contributed by atoms with Gasteiger partial charge in [-0.25, -0.2) is 9.97 Å². The summed E-state index contributed by atoms with van der Waals surface area (Å²) in [6, 6.07) is 8.50. The zero-order valence-corrected chi connectivity index (χ0v) is 13.2. The summed E-state index contributed by atoms with van der Waals surface area (Å²) in [5.74, 6) is 0.813. The number of hydrogen-bond donors (Lipinski definition) is 1. The van der Waals surface area contributed by atoms with E-state index < -0.39 is 0 Å². The maximum absolute atomic E-state index is 4.82. The van der Waals surface area contributed by atoms with Crippen LogP contribution < -0.4 is 5.32 Å². The number of rotatable bonds is 2. The first kappa shape index (κ1) is 13.7. The largest absolute Gasteiger partial charge is 0.313 e. The Balaban J connectivity index is 2.05. The number of fused-ring (bicyclic) bond motifs is 1. The van der Waals surface area contributed by atoms with Crippen LogP contribution >= 0.6 is 15.9 Å². The maximum atomic E-state index is 4.82. The van der Waals surface area contributed by atoms with Crippen LogP contribution in [0.2, 0.25) is 0 Å². The molecule has 0 amide bonds. The molecule has 104 valence electrons. The van der Waals surface area contributed by atoms with Gasteiger partial charge in [0.15, 0.2) is 5.82 Å². The minimum absolute atomic E-state index is 0.390. The molecule has 0 radical (unpaired) electrons. The van der Waals surface area contributed by atoms with Crippen molar-refractivity contribution in [1.29, 1.82) is 0 Å². The summed E-state index contributed by atoms with van der Waals surface area (Å²) in [7, 11) is 2.02. The van der Waals surface area contributed by atoms with Crippen molar-refractivity contribution in [3.63, 3.8) is 0 Å². The standard InChI is InChI=1S/C16H18BrN3/c1-18-14-8-4-5-9-15-12(14)10-19-16(20-15)11-6-2-3-7-13(11)17/h2-3,6-7,10,14,18H,4-5,8-9H2,1H3. The Morgan fingerprint density at radius 2 is 2.10 bits per heavy atom. The molecule has 2 aromatic rings. The number of nitrogens with zero attached hydrogens (tertiary/aromatic N) is 2. The lowest BCUT2D eigenvalue weighted by atomic mass is 10.1. The topological polar surface area (TPSA) is 37.8 Å². The molecule has 0 saturated heterocycles. The second kappa shape index (κ2) is 6.02. The Labute approximate surface area is 128 Å². The molecule has 1 atom stereocenters. The molecule has 0 fully saturated rings. The maximum Gasteiger partial charge on any atom is 0.160 e. The van der Waals surface area contributed by atoms with Crippen LogP contribution in [-0.2, 0) is 6.42 Å². The van der Waals surface area contributed by atoms with Gasteiger partial charge in [0.1, 0.15) is 0 Å². The number of hydrogen-bond acceptors (Lipinski definition) is 3. The molecule has 1 N–H and O–H groups in total. The third kappa shape index (κ3) is 2.63. The summed E-state index contributed by atoms with van der Waals surface area (Å²) < 4.78 is 1.04. The van der Waals surface area contributed by atoms with Gasteiger partial charge in [-0.1, -0.05) is 40.5 Å². The van der Waals surface area contributed by atoms with Crippen molar-refractivity contribution < 1.29 is 0 Å². The highest BCUT2D eigenvalue weighted by atomic mass is 79.9. The molecule has 0 saturated carbocycles. The van der Waals surface area contributed by atoms with Gasteiger partial charge < -0.3 is 5.32 Å². The monoisotopic (exact) mass is 331 g/mol. The Bertz CT molecular complexity index is 612. The van der Waals surface area contributed by atoms with Gasteiger partial charge in [0.2, 0.25) is 0 Å². The molecule has 1 aromatic heterocycles. The third-order valence-corrected chi connectivity index (χ3v) is 4.59. The summed E-state index contributed by atoms with van der Waals surface area (Å²) in [4.78, 5) is 9.40. The SMILES string of the molecule is CNC1CCCCc2nc(-c3ccccc3Br)ncc21. The van der Waals surface area contributed by atoms with Crippen molar-refractivity contribution in [2.75, 3.05) is 7.05 Å². The molecule has 1 heterocycles. The van der Waals surface area contributed by atoms with Gasteiger partial charge in [-0.15, -0.1) is 0 Å². The molecular formula is C16H18BrN3. The summed E-state index contributed by atoms with van der Waals surface area (Å²) >= 11 is 3.58. The van der Waals surface area contributed by atoms with E-state index in [2.05, 4.69) is 32.3 Å². The molecule has 1 aromatic carbocycles. The van der Waals surface area contributed by atoms with Gasteiger partial charge >= 0.3 is 0 Å². The highest BCUT2D eigenvalue weighted by Gasteiger charge is 2.19. The van der Waals surface area contributed by atoms with Crippen molar-refractivity contribution in [2.45, 2.75) is 31.7 Å². The van der Waals surface area contributed by atoms with Gasteiger partial charge in [0.05, 0.1) is 0 Å². The smallest absolute Gasteiger partial charge is 0.160 e. The van der Waals surface area contributed by atoms with Crippen molar-refractivity contribution in [3.8, 4) is 11.4 Å². The van der Waals surface area contributed by atoms with E-state index in [4.69, 9.17) is 4.98 Å². The fourth-order valence-corrected chi connectivity index (χ4v) is 3.25. The molecular weight excluding hydrogens is 314 g/mol. The molecule has 20 heavy (non-hydrogen) atoms. The van der Waals surface area contributed by atoms with Crippen LogP contribution in [0.25, 0.3) is 11.4 Å². The average Bonchev–Trinajstić information content (AvgIpc) is 2.69. The fraction of sp³-hybridized carbons (Fsp3) is 0.375. The Morgan fingerprint density at radius 1 is 1.25 bits per heavy atom. The molecule has 1 aliphatic rings. The molecule has 4 heteroatoms. The zero-order chi connectivity index (χ0) is 13.9. The van der Waals surface area contributed by atoms with Crippen molar-refractivity contribution in [1.82, 2.24) is 15.3 Å². The quantitative estimate of drug-likeness (QED) is 0.848. The number of benzene rings is 1. The van der Waals surface area contributed by atoms with Crippen LogP contribution in [0.3, 0.4) is 0 Å². The molecule has 1 aliphatic carbocycles. The van der Waals surface area contributed by atoms with Crippen molar-refractivity contribution >= 4 is 15.9 Å². The number of aryl methyl sites for hydroxylation is 1. The minimum atomic E-state index is 0.390. The predicted octanol–water partition coefficient (Wildman–Crippen LogP) is 3.89. The van der Waals surface area contributed by atoms with Crippen LogP contribution in [0.1, 0.15) is 36.6 Å². The number of aromatic nitrogens is 2. The van der Waals surface area contributed by atoms with Crippen LogP contribution in [0, 0.1) is 0 Å². The normalized spacial score (nSPS) is 18.4. The second-order valence-electron chi connectivity index (χ2n) is 5.16. The molecule has 3 rings (SSSR count). The van der Waals surface area contributed by atoms with Crippen LogP contribution in [0.5, 0.6) is 0 Å². The van der Waals surface area contributed by atoms with Gasteiger partial charge in [0, 0.05) is 33.5 Å². The second-order valence-corrected chi connectivity index (χ2v) is 6.02. The third-order valence-electron chi connectivity index (χ3n) is 3.90. The van der Waals surface area contributed by atoms with E-state index in [1.54, 1.807) is 0 Å². The summed E-state index contributed by atoms with van der Waals surface area (Å²) in [6.07, 6.45) is 6.67. The molecule has 3 nitrogen and oxygen atoms in total. The van der Waals surface area contributed by atoms with Gasteiger partial charge in [-0.2, -0.15) is 0 Å². The fourth-order valence-electron chi connectivity index (χ4n) is 2.79. The van der Waals surface area contributed by atoms with E-state index in [-0.39, 0.29) is 0 Å². The summed E-state index contributed by atoms with van der Waals surface area (Å²) in [5.41, 5.74) is 3.52. The minimum Gasteiger partial charge on any atom is -0.313 e. The van der Waals surface area contributed by atoms with E-state index in [9.17, 15) is 0 Å². The first-order valence-electron chi connectivity index (χ1n) is 7.07. The van der Waals surface area contributed by atoms with Gasteiger partial charge in [-0.3, -0.25) is 0 Å². The molecule has 0 aliphatic heterocycles. The van der Waals surface area contributed by atoms with E-state index in [1.165, 1.54) is 30.5 Å². The highest BCUT2D eigenvalue weighted by Crippen LogP contribution is 2.30. The first-order valence-corrected chi connectivity index (χ1v) is 7.87. The average molecular weight is 332 g/mol. The van der Waals surface area contributed by atoms with E-state index in [1.807, 2.05) is 31.4 Å².